The average molecular weight is 300 g/mol. The van der Waals surface area contributed by atoms with E-state index in [1.165, 1.54) is 11.1 Å². The molecule has 0 aliphatic heterocycles. The summed E-state index contributed by atoms with van der Waals surface area (Å²) in [7, 11) is 1.88. The van der Waals surface area contributed by atoms with Crippen LogP contribution in [-0.4, -0.2) is 15.8 Å². The number of benzene rings is 1. The summed E-state index contributed by atoms with van der Waals surface area (Å²) < 4.78 is 1.78. The van der Waals surface area contributed by atoms with Gasteiger partial charge in [0.15, 0.2) is 0 Å². The van der Waals surface area contributed by atoms with Crippen molar-refractivity contribution >= 4 is 6.03 Å². The maximum atomic E-state index is 12.1. The largest absolute Gasteiger partial charge is 0.333 e. The van der Waals surface area contributed by atoms with Crippen molar-refractivity contribution in [2.45, 2.75) is 40.3 Å². The lowest BCUT2D eigenvalue weighted by Gasteiger charge is -2.18. The third kappa shape index (κ3) is 3.67. The van der Waals surface area contributed by atoms with E-state index >= 15 is 0 Å². The van der Waals surface area contributed by atoms with Gasteiger partial charge in [0.2, 0.25) is 0 Å². The van der Waals surface area contributed by atoms with E-state index in [0.717, 1.165) is 17.0 Å². The molecule has 118 valence electrons. The van der Waals surface area contributed by atoms with Crippen LogP contribution in [0, 0.1) is 20.8 Å². The van der Waals surface area contributed by atoms with Crippen molar-refractivity contribution in [3.8, 4) is 0 Å². The summed E-state index contributed by atoms with van der Waals surface area (Å²) in [6, 6.07) is 7.91. The van der Waals surface area contributed by atoms with E-state index in [1.54, 1.807) is 4.68 Å². The SMILES string of the molecule is Cc1cc(CNC(=O)NC(C)c2cccc(C)c2C)n(C)n1. The highest BCUT2D eigenvalue weighted by molar-refractivity contribution is 5.74. The van der Waals surface area contributed by atoms with Gasteiger partial charge in [-0.3, -0.25) is 4.68 Å². The van der Waals surface area contributed by atoms with Crippen molar-refractivity contribution in [2.24, 2.45) is 7.05 Å². The van der Waals surface area contributed by atoms with E-state index in [0.29, 0.717) is 6.54 Å². The van der Waals surface area contributed by atoms with Crippen molar-refractivity contribution in [3.63, 3.8) is 0 Å². The first kappa shape index (κ1) is 16.1. The van der Waals surface area contributed by atoms with Crippen LogP contribution in [0.4, 0.5) is 4.79 Å². The minimum atomic E-state index is -0.174. The van der Waals surface area contributed by atoms with Crippen molar-refractivity contribution in [1.82, 2.24) is 20.4 Å². The van der Waals surface area contributed by atoms with Crippen molar-refractivity contribution in [1.29, 1.82) is 0 Å². The molecule has 0 aliphatic rings. The Bertz CT molecular complexity index is 675. The van der Waals surface area contributed by atoms with Gasteiger partial charge >= 0.3 is 6.03 Å². The highest BCUT2D eigenvalue weighted by Crippen LogP contribution is 2.19. The summed E-state index contributed by atoms with van der Waals surface area (Å²) in [4.78, 5) is 12.1. The van der Waals surface area contributed by atoms with Gasteiger partial charge in [-0.2, -0.15) is 5.10 Å². The molecule has 0 saturated heterocycles. The number of carbonyl (C=O) groups is 1. The first-order chi connectivity index (χ1) is 10.4. The minimum Gasteiger partial charge on any atom is -0.333 e. The lowest BCUT2D eigenvalue weighted by molar-refractivity contribution is 0.237. The van der Waals surface area contributed by atoms with Crippen LogP contribution in [0.2, 0.25) is 0 Å². The zero-order valence-corrected chi connectivity index (χ0v) is 13.9. The number of aromatic nitrogens is 2. The number of urea groups is 1. The molecule has 2 amide bonds. The van der Waals surface area contributed by atoms with Gasteiger partial charge in [0, 0.05) is 7.05 Å². The van der Waals surface area contributed by atoms with Crippen LogP contribution in [0.25, 0.3) is 0 Å². The topological polar surface area (TPSA) is 59.0 Å². The molecule has 0 aliphatic carbocycles. The Hall–Kier alpha value is -2.30. The Kier molecular flexibility index (Phi) is 4.85. The van der Waals surface area contributed by atoms with Gasteiger partial charge in [0.05, 0.1) is 24.0 Å². The van der Waals surface area contributed by atoms with Gasteiger partial charge in [-0.1, -0.05) is 18.2 Å². The number of rotatable bonds is 4. The quantitative estimate of drug-likeness (QED) is 0.912. The van der Waals surface area contributed by atoms with Crippen LogP contribution in [0.1, 0.15) is 41.0 Å². The monoisotopic (exact) mass is 300 g/mol. The lowest BCUT2D eigenvalue weighted by Crippen LogP contribution is -2.37. The second kappa shape index (κ2) is 6.64. The molecule has 2 rings (SSSR count). The molecule has 1 unspecified atom stereocenters. The summed E-state index contributed by atoms with van der Waals surface area (Å²) in [5.74, 6) is 0. The predicted octanol–water partition coefficient (Wildman–Crippen LogP) is 2.91. The molecule has 2 aromatic rings. The fourth-order valence-corrected chi connectivity index (χ4v) is 2.57. The third-order valence-corrected chi connectivity index (χ3v) is 3.99. The molecule has 0 spiro atoms. The summed E-state index contributed by atoms with van der Waals surface area (Å²) in [6.07, 6.45) is 0. The molecule has 1 atom stereocenters. The van der Waals surface area contributed by atoms with E-state index in [1.807, 2.05) is 33.0 Å². The van der Waals surface area contributed by atoms with Gasteiger partial charge in [0.1, 0.15) is 0 Å². The molecule has 2 N–H and O–H groups in total. The lowest BCUT2D eigenvalue weighted by atomic mass is 9.98. The Morgan fingerprint density at radius 2 is 2.05 bits per heavy atom. The molecular formula is C17H24N4O. The number of aryl methyl sites for hydroxylation is 3. The van der Waals surface area contributed by atoms with Gasteiger partial charge in [-0.15, -0.1) is 0 Å². The van der Waals surface area contributed by atoms with Gasteiger partial charge in [0.25, 0.3) is 0 Å². The van der Waals surface area contributed by atoms with Gasteiger partial charge in [-0.25, -0.2) is 4.79 Å². The second-order valence-electron chi connectivity index (χ2n) is 5.74. The summed E-state index contributed by atoms with van der Waals surface area (Å²) in [6.45, 7) is 8.56. The summed E-state index contributed by atoms with van der Waals surface area (Å²) >= 11 is 0. The van der Waals surface area contributed by atoms with Gasteiger partial charge < -0.3 is 10.6 Å². The first-order valence-corrected chi connectivity index (χ1v) is 7.48. The van der Waals surface area contributed by atoms with E-state index in [2.05, 4.69) is 41.7 Å². The zero-order chi connectivity index (χ0) is 16.3. The molecule has 0 radical (unpaired) electrons. The Morgan fingerprint density at radius 3 is 2.68 bits per heavy atom. The van der Waals surface area contributed by atoms with Crippen molar-refractivity contribution < 1.29 is 4.79 Å². The van der Waals surface area contributed by atoms with Crippen LogP contribution in [-0.2, 0) is 13.6 Å². The first-order valence-electron chi connectivity index (χ1n) is 7.48. The number of amides is 2. The summed E-state index contributed by atoms with van der Waals surface area (Å²) in [5.41, 5.74) is 5.52. The Morgan fingerprint density at radius 1 is 1.32 bits per heavy atom. The molecule has 5 nitrogen and oxygen atoms in total. The molecular weight excluding hydrogens is 276 g/mol. The standard InChI is InChI=1S/C17H24N4O/c1-11-7-6-8-16(13(11)3)14(4)19-17(22)18-10-15-9-12(2)20-21(15)5/h6-9,14H,10H2,1-5H3,(H2,18,19,22). The molecule has 1 heterocycles. The average Bonchev–Trinajstić information content (AvgIpc) is 2.77. The van der Waals surface area contributed by atoms with E-state index < -0.39 is 0 Å². The fourth-order valence-electron chi connectivity index (χ4n) is 2.57. The van der Waals surface area contributed by atoms with Crippen molar-refractivity contribution in [3.05, 3.63) is 52.3 Å². The normalized spacial score (nSPS) is 12.0. The second-order valence-corrected chi connectivity index (χ2v) is 5.74. The van der Waals surface area contributed by atoms with Gasteiger partial charge in [-0.05, 0) is 50.5 Å². The Balaban J connectivity index is 1.94. The highest BCUT2D eigenvalue weighted by atomic mass is 16.2. The fraction of sp³-hybridized carbons (Fsp3) is 0.412. The van der Waals surface area contributed by atoms with E-state index in [-0.39, 0.29) is 12.1 Å². The molecule has 5 heteroatoms. The molecule has 22 heavy (non-hydrogen) atoms. The molecule has 0 saturated carbocycles. The molecule has 1 aromatic heterocycles. The number of carbonyl (C=O) groups excluding carboxylic acids is 1. The highest BCUT2D eigenvalue weighted by Gasteiger charge is 2.12. The maximum Gasteiger partial charge on any atom is 0.315 e. The molecule has 1 aromatic carbocycles. The molecule has 0 bridgehead atoms. The number of nitrogens with one attached hydrogen (secondary N) is 2. The predicted molar refractivity (Wildman–Crippen MR) is 87.6 cm³/mol. The number of nitrogens with zero attached hydrogens (tertiary/aromatic N) is 2. The minimum absolute atomic E-state index is 0.0341. The van der Waals surface area contributed by atoms with Crippen LogP contribution < -0.4 is 10.6 Å². The number of hydrogen-bond donors (Lipinski definition) is 2. The maximum absolute atomic E-state index is 12.1. The zero-order valence-electron chi connectivity index (χ0n) is 13.9. The molecule has 0 fully saturated rings. The van der Waals surface area contributed by atoms with E-state index in [4.69, 9.17) is 0 Å². The van der Waals surface area contributed by atoms with E-state index in [9.17, 15) is 4.79 Å². The number of hydrogen-bond acceptors (Lipinski definition) is 2. The van der Waals surface area contributed by atoms with Crippen LogP contribution >= 0.6 is 0 Å². The summed E-state index contributed by atoms with van der Waals surface area (Å²) in [5, 5.41) is 10.1. The van der Waals surface area contributed by atoms with Crippen LogP contribution in [0.15, 0.2) is 24.3 Å². The smallest absolute Gasteiger partial charge is 0.315 e. The van der Waals surface area contributed by atoms with Crippen LogP contribution in [0.3, 0.4) is 0 Å². The van der Waals surface area contributed by atoms with Crippen molar-refractivity contribution in [2.75, 3.05) is 0 Å². The van der Waals surface area contributed by atoms with Crippen LogP contribution in [0.5, 0.6) is 0 Å². The Labute approximate surface area is 131 Å². The third-order valence-electron chi connectivity index (χ3n) is 3.99.